The van der Waals surface area contributed by atoms with Crippen molar-refractivity contribution in [2.75, 3.05) is 5.32 Å². The quantitative estimate of drug-likeness (QED) is 0.627. The molecule has 0 radical (unpaired) electrons. The largest absolute Gasteiger partial charge is 0.506 e. The summed E-state index contributed by atoms with van der Waals surface area (Å²) >= 11 is 5.92. The van der Waals surface area contributed by atoms with Crippen LogP contribution in [0.5, 0.6) is 5.75 Å². The molecular formula is C13H11ClN4O. The molecule has 5 nitrogen and oxygen atoms in total. The van der Waals surface area contributed by atoms with E-state index < -0.39 is 0 Å². The molecule has 0 aliphatic carbocycles. The molecule has 0 saturated carbocycles. The van der Waals surface area contributed by atoms with Crippen LogP contribution in [-0.4, -0.2) is 20.1 Å². The standard InChI is InChI=1S/C13H11ClN4O/c1-7-4-9-12(17-7)15-6-16-13(9)18-10-5-8(14)2-3-11(10)19/h2-6,19H,1H3,(H2,15,16,17,18). The third-order valence-corrected chi connectivity index (χ3v) is 3.01. The lowest BCUT2D eigenvalue weighted by Crippen LogP contribution is -1.95. The van der Waals surface area contributed by atoms with E-state index in [4.69, 9.17) is 11.6 Å². The molecule has 0 atom stereocenters. The third kappa shape index (κ3) is 2.20. The van der Waals surface area contributed by atoms with Crippen LogP contribution in [0, 0.1) is 6.92 Å². The molecule has 0 aliphatic rings. The molecule has 96 valence electrons. The van der Waals surface area contributed by atoms with Crippen molar-refractivity contribution in [3.63, 3.8) is 0 Å². The van der Waals surface area contributed by atoms with Crippen LogP contribution in [-0.2, 0) is 0 Å². The molecule has 0 aliphatic heterocycles. The Morgan fingerprint density at radius 1 is 1.26 bits per heavy atom. The summed E-state index contributed by atoms with van der Waals surface area (Å²) in [5.41, 5.74) is 2.25. The minimum Gasteiger partial charge on any atom is -0.506 e. The van der Waals surface area contributed by atoms with Gasteiger partial charge in [0.25, 0.3) is 0 Å². The summed E-state index contributed by atoms with van der Waals surface area (Å²) in [6.45, 7) is 1.95. The highest BCUT2D eigenvalue weighted by molar-refractivity contribution is 6.31. The number of aromatic nitrogens is 3. The monoisotopic (exact) mass is 274 g/mol. The second-order valence-corrected chi connectivity index (χ2v) is 4.66. The number of rotatable bonds is 2. The number of H-pyrrole nitrogens is 1. The highest BCUT2D eigenvalue weighted by Crippen LogP contribution is 2.31. The van der Waals surface area contributed by atoms with Crippen LogP contribution in [0.2, 0.25) is 5.02 Å². The van der Waals surface area contributed by atoms with Gasteiger partial charge in [-0.15, -0.1) is 0 Å². The lowest BCUT2D eigenvalue weighted by molar-refractivity contribution is 0.478. The molecule has 0 saturated heterocycles. The summed E-state index contributed by atoms with van der Waals surface area (Å²) in [7, 11) is 0. The molecular weight excluding hydrogens is 264 g/mol. The van der Waals surface area contributed by atoms with Gasteiger partial charge in [0.2, 0.25) is 0 Å². The van der Waals surface area contributed by atoms with E-state index >= 15 is 0 Å². The van der Waals surface area contributed by atoms with E-state index in [9.17, 15) is 5.11 Å². The van der Waals surface area contributed by atoms with Gasteiger partial charge in [-0.05, 0) is 31.2 Å². The van der Waals surface area contributed by atoms with E-state index in [1.165, 1.54) is 12.4 Å². The van der Waals surface area contributed by atoms with Gasteiger partial charge >= 0.3 is 0 Å². The molecule has 3 rings (SSSR count). The van der Waals surface area contributed by atoms with Crippen LogP contribution >= 0.6 is 11.6 Å². The highest BCUT2D eigenvalue weighted by atomic mass is 35.5. The number of phenolic OH excluding ortho intramolecular Hbond substituents is 1. The Labute approximate surface area is 114 Å². The fourth-order valence-corrected chi connectivity index (χ4v) is 2.08. The number of benzene rings is 1. The maximum Gasteiger partial charge on any atom is 0.143 e. The number of aryl methyl sites for hydroxylation is 1. The van der Waals surface area contributed by atoms with Crippen LogP contribution in [0.3, 0.4) is 0 Å². The zero-order valence-electron chi connectivity index (χ0n) is 10.1. The topological polar surface area (TPSA) is 73.8 Å². The van der Waals surface area contributed by atoms with E-state index in [1.807, 2.05) is 13.0 Å². The average molecular weight is 275 g/mol. The Morgan fingerprint density at radius 3 is 2.95 bits per heavy atom. The van der Waals surface area contributed by atoms with Crippen LogP contribution in [0.1, 0.15) is 5.69 Å². The zero-order valence-corrected chi connectivity index (χ0v) is 10.9. The van der Waals surface area contributed by atoms with Crippen molar-refractivity contribution in [3.05, 3.63) is 41.3 Å². The Morgan fingerprint density at radius 2 is 2.11 bits per heavy atom. The number of hydrogen-bond donors (Lipinski definition) is 3. The van der Waals surface area contributed by atoms with Gasteiger partial charge in [0.05, 0.1) is 11.1 Å². The van der Waals surface area contributed by atoms with Crippen molar-refractivity contribution in [3.8, 4) is 5.75 Å². The van der Waals surface area contributed by atoms with Gasteiger partial charge in [0, 0.05) is 10.7 Å². The number of aromatic amines is 1. The minimum absolute atomic E-state index is 0.114. The third-order valence-electron chi connectivity index (χ3n) is 2.77. The highest BCUT2D eigenvalue weighted by Gasteiger charge is 2.09. The van der Waals surface area contributed by atoms with Gasteiger partial charge in [0.1, 0.15) is 23.5 Å². The Hall–Kier alpha value is -2.27. The normalized spacial score (nSPS) is 10.8. The number of anilines is 2. The lowest BCUT2D eigenvalue weighted by atomic mass is 10.2. The molecule has 0 amide bonds. The molecule has 0 fully saturated rings. The molecule has 3 N–H and O–H groups in total. The molecule has 2 aromatic heterocycles. The maximum absolute atomic E-state index is 9.80. The van der Waals surface area contributed by atoms with Gasteiger partial charge in [-0.3, -0.25) is 0 Å². The summed E-state index contributed by atoms with van der Waals surface area (Å²) in [6, 6.07) is 6.74. The molecule has 0 spiro atoms. The van der Waals surface area contributed by atoms with E-state index in [0.717, 1.165) is 16.7 Å². The van der Waals surface area contributed by atoms with Crippen LogP contribution in [0.25, 0.3) is 11.0 Å². The summed E-state index contributed by atoms with van der Waals surface area (Å²) in [6.07, 6.45) is 1.46. The second-order valence-electron chi connectivity index (χ2n) is 4.22. The average Bonchev–Trinajstić information content (AvgIpc) is 2.75. The molecule has 2 heterocycles. The molecule has 1 aromatic carbocycles. The van der Waals surface area contributed by atoms with Crippen molar-refractivity contribution in [1.82, 2.24) is 15.0 Å². The molecule has 3 aromatic rings. The number of halogens is 1. The first-order valence-electron chi connectivity index (χ1n) is 5.69. The van der Waals surface area contributed by atoms with Crippen molar-refractivity contribution < 1.29 is 5.11 Å². The first-order valence-corrected chi connectivity index (χ1v) is 6.07. The minimum atomic E-state index is 0.114. The number of hydrogen-bond acceptors (Lipinski definition) is 4. The van der Waals surface area contributed by atoms with E-state index in [-0.39, 0.29) is 5.75 Å². The number of nitrogens with zero attached hydrogens (tertiary/aromatic N) is 2. The van der Waals surface area contributed by atoms with Crippen molar-refractivity contribution >= 4 is 34.1 Å². The first-order chi connectivity index (χ1) is 9.13. The summed E-state index contributed by atoms with van der Waals surface area (Å²) in [5.74, 6) is 0.732. The van der Waals surface area contributed by atoms with Crippen molar-refractivity contribution in [2.24, 2.45) is 0 Å². The van der Waals surface area contributed by atoms with Crippen molar-refractivity contribution in [2.45, 2.75) is 6.92 Å². The van der Waals surface area contributed by atoms with Crippen LogP contribution in [0.15, 0.2) is 30.6 Å². The fraction of sp³-hybridized carbons (Fsp3) is 0.0769. The van der Waals surface area contributed by atoms with Gasteiger partial charge in [0.15, 0.2) is 0 Å². The fourth-order valence-electron chi connectivity index (χ4n) is 1.91. The van der Waals surface area contributed by atoms with Gasteiger partial charge in [-0.25, -0.2) is 9.97 Å². The van der Waals surface area contributed by atoms with Gasteiger partial charge < -0.3 is 15.4 Å². The summed E-state index contributed by atoms with van der Waals surface area (Å²) in [5, 5.41) is 14.3. The number of nitrogens with one attached hydrogen (secondary N) is 2. The van der Waals surface area contributed by atoms with Crippen LogP contribution in [0.4, 0.5) is 11.5 Å². The predicted molar refractivity (Wildman–Crippen MR) is 75.0 cm³/mol. The smallest absolute Gasteiger partial charge is 0.143 e. The molecule has 6 heteroatoms. The lowest BCUT2D eigenvalue weighted by Gasteiger charge is -2.08. The van der Waals surface area contributed by atoms with E-state index in [1.54, 1.807) is 12.1 Å². The molecule has 19 heavy (non-hydrogen) atoms. The van der Waals surface area contributed by atoms with Gasteiger partial charge in [-0.1, -0.05) is 11.6 Å². The summed E-state index contributed by atoms with van der Waals surface area (Å²) < 4.78 is 0. The number of fused-ring (bicyclic) bond motifs is 1. The molecule has 0 unspecified atom stereocenters. The Bertz CT molecular complexity index is 753. The number of aromatic hydroxyl groups is 1. The molecule has 0 bridgehead atoms. The first kappa shape index (κ1) is 11.8. The predicted octanol–water partition coefficient (Wildman–Crippen LogP) is 3.37. The van der Waals surface area contributed by atoms with Gasteiger partial charge in [-0.2, -0.15) is 0 Å². The van der Waals surface area contributed by atoms with E-state index in [0.29, 0.717) is 16.5 Å². The summed E-state index contributed by atoms with van der Waals surface area (Å²) in [4.78, 5) is 11.5. The SMILES string of the molecule is Cc1cc2c(Nc3cc(Cl)ccc3O)ncnc2[nH]1. The van der Waals surface area contributed by atoms with Crippen LogP contribution < -0.4 is 5.32 Å². The Kier molecular flexibility index (Phi) is 2.76. The zero-order chi connectivity index (χ0) is 13.4. The van der Waals surface area contributed by atoms with E-state index in [2.05, 4.69) is 20.3 Å². The van der Waals surface area contributed by atoms with Crippen molar-refractivity contribution in [1.29, 1.82) is 0 Å². The maximum atomic E-state index is 9.80. The number of phenols is 1. The Balaban J connectivity index is 2.08. The second kappa shape index (κ2) is 4.44.